The van der Waals surface area contributed by atoms with E-state index in [0.29, 0.717) is 6.54 Å². The largest absolute Gasteiger partial charge is 0.356 e. The van der Waals surface area contributed by atoms with Crippen LogP contribution in [-0.4, -0.2) is 19.0 Å². The van der Waals surface area contributed by atoms with Crippen molar-refractivity contribution >= 4 is 5.91 Å². The van der Waals surface area contributed by atoms with Crippen molar-refractivity contribution in [3.63, 3.8) is 0 Å². The third-order valence-corrected chi connectivity index (χ3v) is 2.75. The quantitative estimate of drug-likeness (QED) is 0.634. The molecule has 3 N–H and O–H groups in total. The predicted molar refractivity (Wildman–Crippen MR) is 48.6 cm³/mol. The van der Waals surface area contributed by atoms with Crippen LogP contribution >= 0.6 is 0 Å². The highest BCUT2D eigenvalue weighted by Crippen LogP contribution is 2.30. The first kappa shape index (κ1) is 9.52. The molecule has 12 heavy (non-hydrogen) atoms. The van der Waals surface area contributed by atoms with E-state index in [1.165, 1.54) is 0 Å². The molecule has 3 heteroatoms. The van der Waals surface area contributed by atoms with Crippen LogP contribution in [0, 0.1) is 11.3 Å². The van der Waals surface area contributed by atoms with Crippen molar-refractivity contribution in [2.24, 2.45) is 17.1 Å². The topological polar surface area (TPSA) is 55.1 Å². The van der Waals surface area contributed by atoms with Crippen LogP contribution in [0.2, 0.25) is 0 Å². The first-order chi connectivity index (χ1) is 5.58. The van der Waals surface area contributed by atoms with E-state index in [4.69, 9.17) is 5.73 Å². The van der Waals surface area contributed by atoms with Crippen molar-refractivity contribution < 1.29 is 4.79 Å². The lowest BCUT2D eigenvalue weighted by atomic mass is 9.74. The minimum absolute atomic E-state index is 0.0511. The smallest absolute Gasteiger partial charge is 0.223 e. The Morgan fingerprint density at radius 1 is 1.67 bits per heavy atom. The van der Waals surface area contributed by atoms with Crippen molar-refractivity contribution in [2.45, 2.75) is 26.7 Å². The van der Waals surface area contributed by atoms with Gasteiger partial charge in [-0.05, 0) is 24.8 Å². The molecule has 0 aromatic carbocycles. The summed E-state index contributed by atoms with van der Waals surface area (Å²) in [4.78, 5) is 11.4. The highest BCUT2D eigenvalue weighted by molar-refractivity contribution is 5.80. The van der Waals surface area contributed by atoms with Crippen molar-refractivity contribution in [1.29, 1.82) is 0 Å². The third-order valence-electron chi connectivity index (χ3n) is 2.75. The molecule has 70 valence electrons. The molecule has 1 atom stereocenters. The number of carbonyl (C=O) groups excluding carboxylic acids is 1. The Morgan fingerprint density at radius 2 is 2.33 bits per heavy atom. The van der Waals surface area contributed by atoms with E-state index < -0.39 is 0 Å². The number of hydrogen-bond acceptors (Lipinski definition) is 2. The number of amides is 1. The van der Waals surface area contributed by atoms with Crippen molar-refractivity contribution in [3.05, 3.63) is 0 Å². The SMILES string of the molecule is CC(C)(CN)C1CCCNC1=O. The average Bonchev–Trinajstić information content (AvgIpc) is 2.05. The molecule has 1 aliphatic rings. The normalized spacial score (nSPS) is 25.2. The Kier molecular flexibility index (Phi) is 2.73. The van der Waals surface area contributed by atoms with E-state index in [1.54, 1.807) is 0 Å². The lowest BCUT2D eigenvalue weighted by Crippen LogP contribution is -2.46. The summed E-state index contributed by atoms with van der Waals surface area (Å²) in [7, 11) is 0. The van der Waals surface area contributed by atoms with Gasteiger partial charge < -0.3 is 11.1 Å². The molecule has 1 amide bonds. The first-order valence-electron chi connectivity index (χ1n) is 4.56. The molecule has 0 saturated carbocycles. The molecule has 1 rings (SSSR count). The van der Waals surface area contributed by atoms with E-state index in [1.807, 2.05) is 0 Å². The monoisotopic (exact) mass is 170 g/mol. The molecule has 1 fully saturated rings. The van der Waals surface area contributed by atoms with Gasteiger partial charge in [0.1, 0.15) is 0 Å². The molecule has 1 heterocycles. The van der Waals surface area contributed by atoms with Crippen LogP contribution in [0.15, 0.2) is 0 Å². The van der Waals surface area contributed by atoms with Gasteiger partial charge in [0.15, 0.2) is 0 Å². The van der Waals surface area contributed by atoms with Gasteiger partial charge in [0.2, 0.25) is 5.91 Å². The fourth-order valence-electron chi connectivity index (χ4n) is 1.66. The summed E-state index contributed by atoms with van der Waals surface area (Å²) in [6.07, 6.45) is 2.07. The molecule has 1 unspecified atom stereocenters. The Bertz CT molecular complexity index is 177. The Morgan fingerprint density at radius 3 is 2.83 bits per heavy atom. The zero-order valence-electron chi connectivity index (χ0n) is 7.89. The van der Waals surface area contributed by atoms with Gasteiger partial charge in [-0.2, -0.15) is 0 Å². The minimum atomic E-state index is -0.0511. The molecule has 0 spiro atoms. The summed E-state index contributed by atoms with van der Waals surface area (Å²) >= 11 is 0. The summed E-state index contributed by atoms with van der Waals surface area (Å²) in [5.41, 5.74) is 5.57. The highest BCUT2D eigenvalue weighted by Gasteiger charge is 2.35. The molecule has 3 nitrogen and oxygen atoms in total. The number of nitrogens with one attached hydrogen (secondary N) is 1. The standard InChI is InChI=1S/C9H18N2O/c1-9(2,6-10)7-4-3-5-11-8(7)12/h7H,3-6,10H2,1-2H3,(H,11,12). The molecule has 0 radical (unpaired) electrons. The lowest BCUT2D eigenvalue weighted by Gasteiger charge is -2.34. The van der Waals surface area contributed by atoms with Crippen LogP contribution in [0.1, 0.15) is 26.7 Å². The molecule has 0 bridgehead atoms. The van der Waals surface area contributed by atoms with Crippen molar-refractivity contribution in [2.75, 3.05) is 13.1 Å². The van der Waals surface area contributed by atoms with Crippen LogP contribution in [-0.2, 0) is 4.79 Å². The first-order valence-corrected chi connectivity index (χ1v) is 4.56. The van der Waals surface area contributed by atoms with E-state index in [0.717, 1.165) is 19.4 Å². The van der Waals surface area contributed by atoms with Crippen LogP contribution in [0.4, 0.5) is 0 Å². The number of piperidine rings is 1. The third kappa shape index (κ3) is 1.78. The van der Waals surface area contributed by atoms with Crippen LogP contribution in [0.5, 0.6) is 0 Å². The molecule has 0 aromatic heterocycles. The van der Waals surface area contributed by atoms with Gasteiger partial charge in [0, 0.05) is 12.5 Å². The van der Waals surface area contributed by atoms with Gasteiger partial charge >= 0.3 is 0 Å². The second-order valence-electron chi connectivity index (χ2n) is 4.18. The number of rotatable bonds is 2. The molecular weight excluding hydrogens is 152 g/mol. The van der Waals surface area contributed by atoms with Gasteiger partial charge in [0.05, 0.1) is 0 Å². The Balaban J connectivity index is 2.65. The fourth-order valence-corrected chi connectivity index (χ4v) is 1.66. The summed E-state index contributed by atoms with van der Waals surface area (Å²) in [5.74, 6) is 0.285. The lowest BCUT2D eigenvalue weighted by molar-refractivity contribution is -0.130. The van der Waals surface area contributed by atoms with Gasteiger partial charge in [-0.25, -0.2) is 0 Å². The van der Waals surface area contributed by atoms with Gasteiger partial charge in [-0.15, -0.1) is 0 Å². The summed E-state index contributed by atoms with van der Waals surface area (Å²) in [6, 6.07) is 0. The summed E-state index contributed by atoms with van der Waals surface area (Å²) in [6.45, 7) is 5.52. The maximum Gasteiger partial charge on any atom is 0.223 e. The minimum Gasteiger partial charge on any atom is -0.356 e. The Labute approximate surface area is 73.7 Å². The molecule has 1 aliphatic heterocycles. The summed E-state index contributed by atoms with van der Waals surface area (Å²) < 4.78 is 0. The Hall–Kier alpha value is -0.570. The van der Waals surface area contributed by atoms with Gasteiger partial charge in [0.25, 0.3) is 0 Å². The maximum atomic E-state index is 11.4. The van der Waals surface area contributed by atoms with Crippen molar-refractivity contribution in [3.8, 4) is 0 Å². The van der Waals surface area contributed by atoms with Gasteiger partial charge in [-0.3, -0.25) is 4.79 Å². The predicted octanol–water partition coefficient (Wildman–Crippen LogP) is 0.497. The fraction of sp³-hybridized carbons (Fsp3) is 0.889. The zero-order chi connectivity index (χ0) is 9.19. The van der Waals surface area contributed by atoms with Crippen molar-refractivity contribution in [1.82, 2.24) is 5.32 Å². The summed E-state index contributed by atoms with van der Waals surface area (Å²) in [5, 5.41) is 2.88. The molecule has 1 saturated heterocycles. The second kappa shape index (κ2) is 3.44. The van der Waals surface area contributed by atoms with E-state index in [2.05, 4.69) is 19.2 Å². The van der Waals surface area contributed by atoms with E-state index in [-0.39, 0.29) is 17.2 Å². The second-order valence-corrected chi connectivity index (χ2v) is 4.18. The highest BCUT2D eigenvalue weighted by atomic mass is 16.1. The van der Waals surface area contributed by atoms with Crippen LogP contribution in [0.25, 0.3) is 0 Å². The van der Waals surface area contributed by atoms with E-state index in [9.17, 15) is 4.79 Å². The number of hydrogen-bond donors (Lipinski definition) is 2. The maximum absolute atomic E-state index is 11.4. The molecular formula is C9H18N2O. The van der Waals surface area contributed by atoms with Crippen LogP contribution in [0.3, 0.4) is 0 Å². The van der Waals surface area contributed by atoms with Crippen LogP contribution < -0.4 is 11.1 Å². The average molecular weight is 170 g/mol. The number of nitrogens with two attached hydrogens (primary N) is 1. The molecule has 0 aromatic rings. The van der Waals surface area contributed by atoms with Gasteiger partial charge in [-0.1, -0.05) is 13.8 Å². The zero-order valence-corrected chi connectivity index (χ0v) is 7.89. The van der Waals surface area contributed by atoms with E-state index >= 15 is 0 Å². The number of carbonyl (C=O) groups is 1. The molecule has 0 aliphatic carbocycles.